The lowest BCUT2D eigenvalue weighted by molar-refractivity contribution is 0.829. The minimum Gasteiger partial charge on any atom is -0.364 e. The van der Waals surface area contributed by atoms with Gasteiger partial charge in [-0.05, 0) is 18.4 Å². The quantitative estimate of drug-likeness (QED) is 0.813. The van der Waals surface area contributed by atoms with Crippen molar-refractivity contribution in [3.63, 3.8) is 0 Å². The Morgan fingerprint density at radius 3 is 2.56 bits per heavy atom. The van der Waals surface area contributed by atoms with Gasteiger partial charge in [0, 0.05) is 32.1 Å². The molecule has 0 saturated heterocycles. The first-order valence-electron chi connectivity index (χ1n) is 6.06. The Balaban J connectivity index is 3.00. The monoisotopic (exact) mass is 242 g/mol. The number of anilines is 1. The Hall–Kier alpha value is -2.02. The Labute approximate surface area is 107 Å². The summed E-state index contributed by atoms with van der Waals surface area (Å²) in [5, 5.41) is 9.35. The molecule has 2 rings (SSSR count). The summed E-state index contributed by atoms with van der Waals surface area (Å²) in [5.41, 5.74) is 3.66. The van der Waals surface area contributed by atoms with Gasteiger partial charge in [-0.1, -0.05) is 13.8 Å². The van der Waals surface area contributed by atoms with Crippen LogP contribution < -0.4 is 4.90 Å². The Kier molecular flexibility index (Phi) is 3.00. The topological polar surface area (TPSA) is 44.3 Å². The Morgan fingerprint density at radius 1 is 1.39 bits per heavy atom. The summed E-state index contributed by atoms with van der Waals surface area (Å²) < 4.78 is 2.00. The number of fused-ring (bicyclic) bond motifs is 1. The van der Waals surface area contributed by atoms with E-state index in [-0.39, 0.29) is 0 Å². The molecule has 0 spiro atoms. The molecule has 0 aliphatic carbocycles. The molecule has 2 aromatic heterocycles. The first-order valence-corrected chi connectivity index (χ1v) is 6.06. The van der Waals surface area contributed by atoms with E-state index in [1.54, 1.807) is 6.20 Å². The second-order valence-corrected chi connectivity index (χ2v) is 5.02. The van der Waals surface area contributed by atoms with Crippen LogP contribution in [0, 0.1) is 18.3 Å². The van der Waals surface area contributed by atoms with E-state index in [0.29, 0.717) is 11.5 Å². The predicted molar refractivity (Wildman–Crippen MR) is 73.1 cm³/mol. The SMILES string of the molecule is Cc1c(C(C)C)c(N(C)C)n2ccnc2c1C#N. The van der Waals surface area contributed by atoms with Crippen molar-refractivity contribution in [1.82, 2.24) is 9.38 Å². The smallest absolute Gasteiger partial charge is 0.156 e. The first kappa shape index (κ1) is 12.4. The molecule has 2 heterocycles. The van der Waals surface area contributed by atoms with Gasteiger partial charge in [-0.3, -0.25) is 4.40 Å². The summed E-state index contributed by atoms with van der Waals surface area (Å²) in [6, 6.07) is 2.28. The lowest BCUT2D eigenvalue weighted by atomic mass is 9.95. The molecule has 0 amide bonds. The van der Waals surface area contributed by atoms with Crippen molar-refractivity contribution in [2.24, 2.45) is 0 Å². The summed E-state index contributed by atoms with van der Waals surface area (Å²) >= 11 is 0. The third-order valence-corrected chi connectivity index (χ3v) is 3.23. The second-order valence-electron chi connectivity index (χ2n) is 5.02. The zero-order chi connectivity index (χ0) is 13.4. The standard InChI is InChI=1S/C14H18N4/c1-9(2)12-10(3)11(8-15)13-16-6-7-18(13)14(12)17(4)5/h6-7,9H,1-5H3. The molecule has 4 heteroatoms. The van der Waals surface area contributed by atoms with Crippen LogP contribution in [-0.4, -0.2) is 23.5 Å². The molecule has 0 N–H and O–H groups in total. The predicted octanol–water partition coefficient (Wildman–Crippen LogP) is 2.70. The summed E-state index contributed by atoms with van der Waals surface area (Å²) in [4.78, 5) is 6.39. The van der Waals surface area contributed by atoms with Gasteiger partial charge < -0.3 is 4.90 Å². The van der Waals surface area contributed by atoms with Crippen LogP contribution in [0.1, 0.15) is 36.5 Å². The third-order valence-electron chi connectivity index (χ3n) is 3.23. The van der Waals surface area contributed by atoms with Gasteiger partial charge in [-0.2, -0.15) is 5.26 Å². The number of rotatable bonds is 2. The van der Waals surface area contributed by atoms with Crippen molar-refractivity contribution >= 4 is 11.5 Å². The maximum atomic E-state index is 9.35. The van der Waals surface area contributed by atoms with Crippen LogP contribution in [0.5, 0.6) is 0 Å². The number of hydrogen-bond donors (Lipinski definition) is 0. The molecule has 0 aromatic carbocycles. The van der Waals surface area contributed by atoms with E-state index >= 15 is 0 Å². The van der Waals surface area contributed by atoms with Crippen LogP contribution in [0.4, 0.5) is 5.82 Å². The average molecular weight is 242 g/mol. The fourth-order valence-corrected chi connectivity index (χ4v) is 2.54. The van der Waals surface area contributed by atoms with Gasteiger partial charge in [0.1, 0.15) is 11.9 Å². The molecule has 0 atom stereocenters. The minimum absolute atomic E-state index is 0.362. The lowest BCUT2D eigenvalue weighted by Crippen LogP contribution is -2.18. The first-order chi connectivity index (χ1) is 8.49. The molecule has 0 bridgehead atoms. The van der Waals surface area contributed by atoms with Crippen LogP contribution in [0.25, 0.3) is 5.65 Å². The van der Waals surface area contributed by atoms with Gasteiger partial charge in [0.05, 0.1) is 5.56 Å². The van der Waals surface area contributed by atoms with E-state index in [2.05, 4.69) is 29.8 Å². The van der Waals surface area contributed by atoms with Crippen molar-refractivity contribution in [1.29, 1.82) is 5.26 Å². The van der Waals surface area contributed by atoms with Gasteiger partial charge in [-0.15, -0.1) is 0 Å². The maximum Gasteiger partial charge on any atom is 0.156 e. The molecule has 4 nitrogen and oxygen atoms in total. The number of hydrogen-bond acceptors (Lipinski definition) is 3. The molecule has 0 unspecified atom stereocenters. The summed E-state index contributed by atoms with van der Waals surface area (Å²) in [5.74, 6) is 1.47. The van der Waals surface area contributed by atoms with Crippen LogP contribution >= 0.6 is 0 Å². The number of pyridine rings is 1. The zero-order valence-electron chi connectivity index (χ0n) is 11.5. The number of imidazole rings is 1. The van der Waals surface area contributed by atoms with Crippen LogP contribution in [0.2, 0.25) is 0 Å². The summed E-state index contributed by atoms with van der Waals surface area (Å²) in [6.45, 7) is 6.31. The molecule has 0 fully saturated rings. The molecule has 0 aliphatic rings. The normalized spacial score (nSPS) is 10.9. The fraction of sp³-hybridized carbons (Fsp3) is 0.429. The highest BCUT2D eigenvalue weighted by Gasteiger charge is 2.20. The molecule has 0 aliphatic heterocycles. The third kappa shape index (κ3) is 1.63. The van der Waals surface area contributed by atoms with E-state index in [1.807, 2.05) is 31.6 Å². The molecule has 18 heavy (non-hydrogen) atoms. The fourth-order valence-electron chi connectivity index (χ4n) is 2.54. The number of aromatic nitrogens is 2. The highest BCUT2D eigenvalue weighted by Crippen LogP contribution is 2.33. The van der Waals surface area contributed by atoms with Gasteiger partial charge in [0.15, 0.2) is 5.65 Å². The van der Waals surface area contributed by atoms with Gasteiger partial charge in [0.25, 0.3) is 0 Å². The van der Waals surface area contributed by atoms with Crippen LogP contribution in [-0.2, 0) is 0 Å². The van der Waals surface area contributed by atoms with Crippen molar-refractivity contribution < 1.29 is 0 Å². The van der Waals surface area contributed by atoms with Crippen molar-refractivity contribution in [3.8, 4) is 6.07 Å². The summed E-state index contributed by atoms with van der Waals surface area (Å²) in [7, 11) is 4.04. The van der Waals surface area contributed by atoms with Gasteiger partial charge in [0.2, 0.25) is 0 Å². The average Bonchev–Trinajstić information content (AvgIpc) is 2.74. The van der Waals surface area contributed by atoms with E-state index in [0.717, 1.165) is 17.0 Å². The summed E-state index contributed by atoms with van der Waals surface area (Å²) in [6.07, 6.45) is 3.66. The van der Waals surface area contributed by atoms with E-state index < -0.39 is 0 Å². The Bertz CT molecular complexity index is 629. The molecule has 2 aromatic rings. The van der Waals surface area contributed by atoms with Crippen molar-refractivity contribution in [2.75, 3.05) is 19.0 Å². The lowest BCUT2D eigenvalue weighted by Gasteiger charge is -2.24. The minimum atomic E-state index is 0.362. The molecule has 94 valence electrons. The second kappa shape index (κ2) is 4.34. The van der Waals surface area contributed by atoms with E-state index in [9.17, 15) is 5.26 Å². The molecule has 0 saturated carbocycles. The van der Waals surface area contributed by atoms with E-state index in [4.69, 9.17) is 0 Å². The zero-order valence-corrected chi connectivity index (χ0v) is 11.5. The van der Waals surface area contributed by atoms with Crippen LogP contribution in [0.15, 0.2) is 12.4 Å². The molecular weight excluding hydrogens is 224 g/mol. The van der Waals surface area contributed by atoms with Crippen LogP contribution in [0.3, 0.4) is 0 Å². The van der Waals surface area contributed by atoms with Crippen molar-refractivity contribution in [3.05, 3.63) is 29.1 Å². The molecule has 0 radical (unpaired) electrons. The highest BCUT2D eigenvalue weighted by atomic mass is 15.2. The number of nitrogens with zero attached hydrogens (tertiary/aromatic N) is 4. The maximum absolute atomic E-state index is 9.35. The number of nitriles is 1. The van der Waals surface area contributed by atoms with Crippen molar-refractivity contribution in [2.45, 2.75) is 26.7 Å². The Morgan fingerprint density at radius 2 is 2.06 bits per heavy atom. The molecular formula is C14H18N4. The largest absolute Gasteiger partial charge is 0.364 e. The van der Waals surface area contributed by atoms with Gasteiger partial charge in [-0.25, -0.2) is 4.98 Å². The highest BCUT2D eigenvalue weighted by molar-refractivity contribution is 5.69. The van der Waals surface area contributed by atoms with Gasteiger partial charge >= 0.3 is 0 Å². The van der Waals surface area contributed by atoms with E-state index in [1.165, 1.54) is 5.56 Å².